The molecule has 14 rings (SSSR count). The van der Waals surface area contributed by atoms with Gasteiger partial charge >= 0.3 is 11.9 Å². The minimum Gasteiger partial charge on any atom is -0.507 e. The highest BCUT2D eigenvalue weighted by Gasteiger charge is 2.62. The number of nitrogens with one attached hydrogen (secondary N) is 1. The molecular weight excluding hydrogens is 1070 g/mol. The van der Waals surface area contributed by atoms with Crippen LogP contribution in [-0.4, -0.2) is 97.1 Å². The molecule has 5 heterocycles. The first-order valence-electron chi connectivity index (χ1n) is 32.7. The van der Waals surface area contributed by atoms with E-state index in [0.717, 1.165) is 107 Å². The molecule has 6 fully saturated rings. The monoisotopic (exact) mass is 1160 g/mol. The van der Waals surface area contributed by atoms with E-state index < -0.39 is 70.7 Å². The largest absolute Gasteiger partial charge is 0.507 e. The number of aliphatic hydroxyl groups excluding tert-OH is 3. The van der Waals surface area contributed by atoms with Crippen molar-refractivity contribution in [1.82, 2.24) is 0 Å². The first kappa shape index (κ1) is 58.5. The maximum atomic E-state index is 16.1. The summed E-state index contributed by atoms with van der Waals surface area (Å²) < 4.78 is 19.6. The molecule has 6 aliphatic carbocycles. The van der Waals surface area contributed by atoms with Gasteiger partial charge in [0.2, 0.25) is 0 Å². The van der Waals surface area contributed by atoms with Crippen molar-refractivity contribution in [3.05, 3.63) is 99.1 Å². The van der Waals surface area contributed by atoms with Crippen molar-refractivity contribution in [3.8, 4) is 35.2 Å². The van der Waals surface area contributed by atoms with Gasteiger partial charge < -0.3 is 50.2 Å². The summed E-state index contributed by atoms with van der Waals surface area (Å²) in [5.74, 6) is 11.0. The van der Waals surface area contributed by atoms with E-state index in [4.69, 9.17) is 14.2 Å². The lowest BCUT2D eigenvalue weighted by Gasteiger charge is -2.59. The van der Waals surface area contributed by atoms with Crippen LogP contribution in [0.2, 0.25) is 0 Å². The molecule has 14 bridgehead atoms. The van der Waals surface area contributed by atoms with E-state index in [-0.39, 0.29) is 104 Å². The highest BCUT2D eigenvalue weighted by Crippen LogP contribution is 2.60. The second kappa shape index (κ2) is 23.9. The molecule has 452 valence electrons. The molecule has 7 N–H and O–H groups in total. The number of carbonyl (C=O) groups excluding carboxylic acids is 3. The van der Waals surface area contributed by atoms with E-state index in [1.54, 1.807) is 13.0 Å². The first-order chi connectivity index (χ1) is 41.0. The van der Waals surface area contributed by atoms with Crippen LogP contribution in [0.1, 0.15) is 211 Å². The van der Waals surface area contributed by atoms with Crippen LogP contribution in [0.3, 0.4) is 0 Å². The second-order valence-corrected chi connectivity index (χ2v) is 28.0. The van der Waals surface area contributed by atoms with Crippen LogP contribution < -0.4 is 10.1 Å². The number of ether oxygens (including phenoxy) is 3. The number of anilines is 1. The van der Waals surface area contributed by atoms with Crippen LogP contribution in [0.25, 0.3) is 0 Å². The maximum Gasteiger partial charge on any atom is 0.334 e. The van der Waals surface area contributed by atoms with E-state index >= 15 is 4.79 Å². The molecule has 0 radical (unpaired) electrons. The Hall–Kier alpha value is -5.51. The third kappa shape index (κ3) is 11.5. The van der Waals surface area contributed by atoms with Crippen molar-refractivity contribution in [2.75, 3.05) is 18.5 Å². The van der Waals surface area contributed by atoms with Crippen LogP contribution in [0.15, 0.2) is 60.2 Å². The lowest BCUT2D eigenvalue weighted by molar-refractivity contribution is -0.228. The first-order valence-corrected chi connectivity index (χ1v) is 32.7. The number of hydrogen-bond acceptors (Lipinski definition) is 13. The molecule has 0 aromatic heterocycles. The van der Waals surface area contributed by atoms with E-state index in [1.165, 1.54) is 0 Å². The minimum absolute atomic E-state index is 0.0237. The number of carbonyl (C=O) groups is 3. The molecule has 0 saturated heterocycles. The van der Waals surface area contributed by atoms with Gasteiger partial charge in [-0.1, -0.05) is 105 Å². The predicted octanol–water partition coefficient (Wildman–Crippen LogP) is 10.4. The molecule has 13 atom stereocenters. The fraction of sp³-hybridized carbons (Fsp3) is 0.625. The highest BCUT2D eigenvalue weighted by molar-refractivity contribution is 5.89. The molecular formula is C72H87NO12. The summed E-state index contributed by atoms with van der Waals surface area (Å²) >= 11 is 0. The summed E-state index contributed by atoms with van der Waals surface area (Å²) in [6.07, 6.45) is 13.1. The lowest BCUT2D eigenvalue weighted by Crippen LogP contribution is -2.65. The van der Waals surface area contributed by atoms with Crippen molar-refractivity contribution in [2.24, 2.45) is 40.9 Å². The number of esters is 2. The Morgan fingerprint density at radius 1 is 0.718 bits per heavy atom. The van der Waals surface area contributed by atoms with Crippen LogP contribution in [0, 0.1) is 64.6 Å². The normalized spacial score (nSPS) is 36.7. The van der Waals surface area contributed by atoms with Gasteiger partial charge in [0.15, 0.2) is 0 Å². The zero-order valence-corrected chi connectivity index (χ0v) is 49.5. The molecule has 13 unspecified atom stereocenters. The van der Waals surface area contributed by atoms with Gasteiger partial charge in [0, 0.05) is 65.9 Å². The summed E-state index contributed by atoms with van der Waals surface area (Å²) in [6, 6.07) is 15.6. The van der Waals surface area contributed by atoms with Crippen LogP contribution in [0.4, 0.5) is 5.69 Å². The zero-order chi connectivity index (χ0) is 58.8. The summed E-state index contributed by atoms with van der Waals surface area (Å²) in [7, 11) is 0. The topological polar surface area (TPSA) is 212 Å². The molecule has 85 heavy (non-hydrogen) atoms. The maximum absolute atomic E-state index is 16.1. The van der Waals surface area contributed by atoms with Crippen LogP contribution >= 0.6 is 0 Å². The van der Waals surface area contributed by atoms with Gasteiger partial charge in [0.1, 0.15) is 40.7 Å². The predicted molar refractivity (Wildman–Crippen MR) is 320 cm³/mol. The summed E-state index contributed by atoms with van der Waals surface area (Å²) in [5, 5.41) is 79.6. The average molecular weight is 1160 g/mol. The molecule has 1 spiro atoms. The van der Waals surface area contributed by atoms with Gasteiger partial charge in [-0.05, 0) is 172 Å². The van der Waals surface area contributed by atoms with E-state index in [1.807, 2.05) is 42.5 Å². The molecule has 5 aliphatic heterocycles. The summed E-state index contributed by atoms with van der Waals surface area (Å²) in [6.45, 7) is 1.44. The average Bonchev–Trinajstić information content (AvgIpc) is 1.25. The van der Waals surface area contributed by atoms with Gasteiger partial charge in [-0.2, -0.15) is 0 Å². The van der Waals surface area contributed by atoms with Gasteiger partial charge in [-0.3, -0.25) is 9.59 Å². The number of hydrogen-bond donors (Lipinski definition) is 7. The molecule has 13 heteroatoms. The van der Waals surface area contributed by atoms with Crippen molar-refractivity contribution >= 4 is 23.4 Å². The van der Waals surface area contributed by atoms with Crippen molar-refractivity contribution in [2.45, 2.75) is 227 Å². The Balaban J connectivity index is 1.01. The van der Waals surface area contributed by atoms with Crippen LogP contribution in [-0.2, 0) is 43.1 Å². The number of rotatable bonds is 2. The lowest BCUT2D eigenvalue weighted by atomic mass is 9.48. The Morgan fingerprint density at radius 2 is 1.46 bits per heavy atom. The summed E-state index contributed by atoms with van der Waals surface area (Å²) in [4.78, 5) is 44.6. The number of phenols is 1. The number of aliphatic hydroxyl groups is 5. The van der Waals surface area contributed by atoms with E-state index in [0.29, 0.717) is 71.4 Å². The minimum atomic E-state index is -1.65. The zero-order valence-electron chi connectivity index (χ0n) is 49.5. The van der Waals surface area contributed by atoms with Gasteiger partial charge in [-0.15, -0.1) is 0 Å². The molecule has 0 amide bonds. The number of aromatic hydroxyl groups is 1. The fourth-order valence-corrected chi connectivity index (χ4v) is 17.8. The number of phenolic OH excluding ortho intramolecular Hbond substituents is 1. The highest BCUT2D eigenvalue weighted by atomic mass is 16.6. The number of Topliss-reactive ketones (excluding diaryl/α,β-unsaturated/α-hetero) is 1. The van der Waals surface area contributed by atoms with E-state index in [9.17, 15) is 40.2 Å². The molecule has 3 aromatic rings. The smallest absolute Gasteiger partial charge is 0.334 e. The molecule has 13 nitrogen and oxygen atoms in total. The number of benzene rings is 3. The fourth-order valence-electron chi connectivity index (χ4n) is 17.8. The summed E-state index contributed by atoms with van der Waals surface area (Å²) in [5.41, 5.74) is 1.30. The number of ketones is 1. The van der Waals surface area contributed by atoms with Crippen molar-refractivity contribution < 1.29 is 59.2 Å². The van der Waals surface area contributed by atoms with Gasteiger partial charge in [-0.25, -0.2) is 4.79 Å². The van der Waals surface area contributed by atoms with Crippen molar-refractivity contribution in [3.63, 3.8) is 0 Å². The van der Waals surface area contributed by atoms with Gasteiger partial charge in [0.05, 0.1) is 42.7 Å². The third-order valence-corrected chi connectivity index (χ3v) is 22.5. The quantitative estimate of drug-likeness (QED) is 0.0724. The SMILES string of the molecule is CC1(O)CNc2cc(C3C#CC4CC(=O)Oc5c4cc(c(O)c5C4CCCCC4)CC4OC(=O)C(=CC(O)Cc5cccc(c5)CC5C(=O)CCC6C5CC5CCCCC5C46O)C3)cc(c2)C(O)C2(C#CC3CCC(CC3)OCC1O)CCCC2. The van der Waals surface area contributed by atoms with Gasteiger partial charge in [0.25, 0.3) is 0 Å². The third-order valence-electron chi connectivity index (χ3n) is 22.5. The Kier molecular flexibility index (Phi) is 16.4. The molecule has 6 saturated carbocycles. The number of fused-ring (bicyclic) bond motifs is 16. The second-order valence-electron chi connectivity index (χ2n) is 28.0. The Labute approximate surface area is 501 Å². The standard InChI is InChI=1S/C72H87NO12/c1-70(81)41-73-53-33-49(32-51(34-53)68(79)71(25-7-8-26-71)27-24-42-16-20-55(21-17-42)83-40-62(70)76)46-18-19-47-39-64(77)85-67-56(47)37-50(66(78)65(67)45-12-3-2-4-13-45)38-63-72(82)59-15-6-5-14-48(59)36-57-58(61(75)23-22-60(57)72)30-44-11-9-10-43(28-44)29-54(74)35-52(31-46)69(80)84-63/h9-11,28,32-35,37,42,45-48,54-55,57-60,62-63,68,73-74,76,78-79,81-82H,2-8,12-17,20-23,25-26,29-31,36,38-41H2,1H3. The Bertz CT molecular complexity index is 3210. The molecule has 3 aromatic carbocycles. The van der Waals surface area contributed by atoms with Crippen LogP contribution in [0.5, 0.6) is 11.5 Å². The van der Waals surface area contributed by atoms with Crippen molar-refractivity contribution in [1.29, 1.82) is 0 Å². The molecule has 11 aliphatic rings. The van der Waals surface area contributed by atoms with E-state index in [2.05, 4.69) is 35.1 Å². The Morgan fingerprint density at radius 3 is 2.26 bits per heavy atom.